The van der Waals surface area contributed by atoms with Crippen LogP contribution >= 0.6 is 11.8 Å². The Balaban J connectivity index is 1.68. The van der Waals surface area contributed by atoms with Crippen LogP contribution in [0.3, 0.4) is 0 Å². The molecule has 0 aliphatic heterocycles. The van der Waals surface area contributed by atoms with Crippen LogP contribution in [0.15, 0.2) is 64.3 Å². The molecule has 6 heteroatoms. The quantitative estimate of drug-likeness (QED) is 0.542. The summed E-state index contributed by atoms with van der Waals surface area (Å²) in [6.07, 6.45) is 2.55. The number of aryl methyl sites for hydroxylation is 1. The average molecular weight is 382 g/mol. The molecule has 140 valence electrons. The van der Waals surface area contributed by atoms with Gasteiger partial charge in [0.1, 0.15) is 10.8 Å². The molecule has 0 saturated heterocycles. The fourth-order valence-electron chi connectivity index (χ4n) is 2.78. The zero-order valence-corrected chi connectivity index (χ0v) is 16.4. The van der Waals surface area contributed by atoms with Crippen molar-refractivity contribution in [1.29, 1.82) is 0 Å². The number of nitrogens with zero attached hydrogens (tertiary/aromatic N) is 3. The number of amides is 1. The van der Waals surface area contributed by atoms with Crippen molar-refractivity contribution in [2.24, 2.45) is 0 Å². The van der Waals surface area contributed by atoms with Crippen LogP contribution in [0, 0.1) is 6.92 Å². The molecule has 2 heterocycles. The van der Waals surface area contributed by atoms with Crippen LogP contribution in [-0.2, 0) is 12.2 Å². The Hall–Kier alpha value is -2.60. The van der Waals surface area contributed by atoms with Crippen molar-refractivity contribution in [2.75, 3.05) is 13.1 Å². The number of hydrogen-bond donors (Lipinski definition) is 0. The first-order valence-corrected chi connectivity index (χ1v) is 9.99. The Morgan fingerprint density at radius 2 is 2.00 bits per heavy atom. The highest BCUT2D eigenvalue weighted by molar-refractivity contribution is 7.98. The van der Waals surface area contributed by atoms with Crippen LogP contribution in [0.5, 0.6) is 0 Å². The largest absolute Gasteiger partial charge is 0.361 e. The van der Waals surface area contributed by atoms with E-state index in [0.29, 0.717) is 24.4 Å². The van der Waals surface area contributed by atoms with E-state index in [2.05, 4.69) is 22.3 Å². The molecule has 1 aromatic carbocycles. The molecular weight excluding hydrogens is 358 g/mol. The second-order valence-electron chi connectivity index (χ2n) is 6.19. The minimum atomic E-state index is 0.0142. The van der Waals surface area contributed by atoms with Crippen LogP contribution < -0.4 is 0 Å². The molecule has 0 spiro atoms. The molecule has 0 fully saturated rings. The van der Waals surface area contributed by atoms with Gasteiger partial charge in [0, 0.05) is 31.1 Å². The van der Waals surface area contributed by atoms with Crippen LogP contribution in [0.2, 0.25) is 0 Å². The number of carbonyl (C=O) groups excluding carboxylic acids is 1. The maximum absolute atomic E-state index is 13.1. The number of rotatable bonds is 8. The molecular formula is C21H23N3O2S. The summed E-state index contributed by atoms with van der Waals surface area (Å²) in [7, 11) is 0. The molecule has 0 saturated carbocycles. The van der Waals surface area contributed by atoms with E-state index in [0.717, 1.165) is 22.9 Å². The lowest BCUT2D eigenvalue weighted by molar-refractivity contribution is 0.0762. The Bertz CT molecular complexity index is 880. The Morgan fingerprint density at radius 1 is 1.19 bits per heavy atom. The SMILES string of the molecule is CCN(CCc1ccccc1)C(=O)c1cccnc1SCc1cc(C)on1. The number of thioether (sulfide) groups is 1. The fourth-order valence-corrected chi connectivity index (χ4v) is 3.65. The lowest BCUT2D eigenvalue weighted by atomic mass is 10.1. The molecule has 3 aromatic rings. The third-order valence-electron chi connectivity index (χ3n) is 4.22. The van der Waals surface area contributed by atoms with Crippen LogP contribution in [-0.4, -0.2) is 34.0 Å². The van der Waals surface area contributed by atoms with E-state index in [1.165, 1.54) is 17.3 Å². The van der Waals surface area contributed by atoms with Gasteiger partial charge >= 0.3 is 0 Å². The Kier molecular flexibility index (Phi) is 6.65. The molecule has 0 aliphatic carbocycles. The number of hydrogen-bond acceptors (Lipinski definition) is 5. The highest BCUT2D eigenvalue weighted by Gasteiger charge is 2.19. The first-order chi connectivity index (χ1) is 13.2. The van der Waals surface area contributed by atoms with E-state index < -0.39 is 0 Å². The van der Waals surface area contributed by atoms with Crippen molar-refractivity contribution in [1.82, 2.24) is 15.0 Å². The van der Waals surface area contributed by atoms with Gasteiger partial charge in [-0.3, -0.25) is 4.79 Å². The monoisotopic (exact) mass is 381 g/mol. The topological polar surface area (TPSA) is 59.2 Å². The summed E-state index contributed by atoms with van der Waals surface area (Å²) in [5.41, 5.74) is 2.71. The summed E-state index contributed by atoms with van der Waals surface area (Å²) >= 11 is 1.50. The van der Waals surface area contributed by atoms with E-state index in [-0.39, 0.29) is 5.91 Å². The van der Waals surface area contributed by atoms with Gasteiger partial charge in [0.25, 0.3) is 5.91 Å². The number of likely N-dealkylation sites (N-methyl/N-ethyl adjacent to an activating group) is 1. The highest BCUT2D eigenvalue weighted by Crippen LogP contribution is 2.25. The van der Waals surface area contributed by atoms with Crippen molar-refractivity contribution < 1.29 is 9.32 Å². The van der Waals surface area contributed by atoms with E-state index in [1.54, 1.807) is 6.20 Å². The predicted molar refractivity (Wildman–Crippen MR) is 107 cm³/mol. The third kappa shape index (κ3) is 5.20. The summed E-state index contributed by atoms with van der Waals surface area (Å²) < 4.78 is 5.10. The highest BCUT2D eigenvalue weighted by atomic mass is 32.2. The molecule has 2 aromatic heterocycles. The molecule has 1 amide bonds. The molecule has 27 heavy (non-hydrogen) atoms. The van der Waals surface area contributed by atoms with Gasteiger partial charge in [0.15, 0.2) is 0 Å². The van der Waals surface area contributed by atoms with Crippen LogP contribution in [0.1, 0.15) is 34.3 Å². The van der Waals surface area contributed by atoms with Gasteiger partial charge in [-0.1, -0.05) is 47.3 Å². The standard InChI is InChI=1S/C21H23N3O2S/c1-3-24(13-11-17-8-5-4-6-9-17)21(25)19-10-7-12-22-20(19)27-15-18-14-16(2)26-23-18/h4-10,12,14H,3,11,13,15H2,1-2H3. The van der Waals surface area contributed by atoms with Crippen molar-refractivity contribution in [3.8, 4) is 0 Å². The fraction of sp³-hybridized carbons (Fsp3) is 0.286. The van der Waals surface area contributed by atoms with Crippen LogP contribution in [0.4, 0.5) is 0 Å². The van der Waals surface area contributed by atoms with E-state index >= 15 is 0 Å². The van der Waals surface area contributed by atoms with E-state index in [9.17, 15) is 4.79 Å². The Morgan fingerprint density at radius 3 is 2.70 bits per heavy atom. The molecule has 0 atom stereocenters. The normalized spacial score (nSPS) is 10.7. The predicted octanol–water partition coefficient (Wildman–Crippen LogP) is 4.38. The van der Waals surface area contributed by atoms with Crippen LogP contribution in [0.25, 0.3) is 0 Å². The zero-order valence-electron chi connectivity index (χ0n) is 15.6. The zero-order chi connectivity index (χ0) is 19.1. The molecule has 0 unspecified atom stereocenters. The minimum Gasteiger partial charge on any atom is -0.361 e. The summed E-state index contributed by atoms with van der Waals surface area (Å²) in [6, 6.07) is 15.8. The maximum Gasteiger partial charge on any atom is 0.256 e. The summed E-state index contributed by atoms with van der Waals surface area (Å²) in [5, 5.41) is 4.72. The molecule has 0 bridgehead atoms. The first-order valence-electron chi connectivity index (χ1n) is 9.00. The van der Waals surface area contributed by atoms with Crippen molar-refractivity contribution in [2.45, 2.75) is 31.0 Å². The number of pyridine rings is 1. The Labute approximate surface area is 163 Å². The van der Waals surface area contributed by atoms with Crippen molar-refractivity contribution in [3.63, 3.8) is 0 Å². The van der Waals surface area contributed by atoms with E-state index in [4.69, 9.17) is 4.52 Å². The first kappa shape index (κ1) is 19.2. The molecule has 0 N–H and O–H groups in total. The number of benzene rings is 1. The second kappa shape index (κ2) is 9.37. The molecule has 0 aliphatic rings. The van der Waals surface area contributed by atoms with Gasteiger partial charge in [-0.25, -0.2) is 4.98 Å². The van der Waals surface area contributed by atoms with Crippen molar-refractivity contribution >= 4 is 17.7 Å². The smallest absolute Gasteiger partial charge is 0.256 e. The lowest BCUT2D eigenvalue weighted by Crippen LogP contribution is -2.33. The lowest BCUT2D eigenvalue weighted by Gasteiger charge is -2.22. The summed E-state index contributed by atoms with van der Waals surface area (Å²) in [4.78, 5) is 19.4. The second-order valence-corrected chi connectivity index (χ2v) is 7.16. The van der Waals surface area contributed by atoms with Gasteiger partial charge < -0.3 is 9.42 Å². The van der Waals surface area contributed by atoms with Gasteiger partial charge in [-0.15, -0.1) is 0 Å². The van der Waals surface area contributed by atoms with E-state index in [1.807, 2.05) is 55.1 Å². The van der Waals surface area contributed by atoms with Gasteiger partial charge in [-0.05, 0) is 38.0 Å². The van der Waals surface area contributed by atoms with Gasteiger partial charge in [-0.2, -0.15) is 0 Å². The molecule has 3 rings (SSSR count). The van der Waals surface area contributed by atoms with Gasteiger partial charge in [0.05, 0.1) is 11.3 Å². The third-order valence-corrected chi connectivity index (χ3v) is 5.26. The minimum absolute atomic E-state index is 0.0142. The average Bonchev–Trinajstić information content (AvgIpc) is 3.13. The summed E-state index contributed by atoms with van der Waals surface area (Å²) in [5.74, 6) is 1.41. The van der Waals surface area contributed by atoms with Crippen molar-refractivity contribution in [3.05, 3.63) is 77.3 Å². The molecule has 0 radical (unpaired) electrons. The maximum atomic E-state index is 13.1. The number of aromatic nitrogens is 2. The molecule has 5 nitrogen and oxygen atoms in total. The summed E-state index contributed by atoms with van der Waals surface area (Å²) in [6.45, 7) is 5.21. The number of carbonyl (C=O) groups is 1. The van der Waals surface area contributed by atoms with Gasteiger partial charge in [0.2, 0.25) is 0 Å².